The van der Waals surface area contributed by atoms with Crippen LogP contribution in [0.4, 0.5) is 4.79 Å². The molecule has 1 fully saturated rings. The predicted molar refractivity (Wildman–Crippen MR) is 53.9 cm³/mol. The Kier molecular flexibility index (Phi) is 3.82. The molecule has 1 rings (SSSR count). The van der Waals surface area contributed by atoms with Crippen LogP contribution >= 0.6 is 0 Å². The van der Waals surface area contributed by atoms with Crippen molar-refractivity contribution < 1.29 is 14.4 Å². The van der Waals surface area contributed by atoms with Gasteiger partial charge in [-0.2, -0.15) is 0 Å². The molecule has 0 aromatic carbocycles. The second-order valence-corrected chi connectivity index (χ2v) is 3.63. The van der Waals surface area contributed by atoms with Gasteiger partial charge < -0.3 is 0 Å². The lowest BCUT2D eigenvalue weighted by atomic mass is 9.99. The SMILES string of the molecule is CCCC1C(=O)NC(=O)N(CCC)C1=O. The van der Waals surface area contributed by atoms with Gasteiger partial charge in [-0.1, -0.05) is 20.3 Å². The highest BCUT2D eigenvalue weighted by atomic mass is 16.2. The number of carbonyl (C=O) groups is 3. The number of barbiturate groups is 1. The Labute approximate surface area is 88.8 Å². The average molecular weight is 212 g/mol. The minimum Gasteiger partial charge on any atom is -0.277 e. The molecule has 15 heavy (non-hydrogen) atoms. The van der Waals surface area contributed by atoms with Gasteiger partial charge in [0.25, 0.3) is 0 Å². The molecule has 1 aliphatic rings. The van der Waals surface area contributed by atoms with Gasteiger partial charge in [0.05, 0.1) is 0 Å². The lowest BCUT2D eigenvalue weighted by molar-refractivity contribution is -0.142. The van der Waals surface area contributed by atoms with Gasteiger partial charge in [0.2, 0.25) is 11.8 Å². The molecule has 0 spiro atoms. The van der Waals surface area contributed by atoms with E-state index in [4.69, 9.17) is 0 Å². The highest BCUT2D eigenvalue weighted by molar-refractivity contribution is 6.16. The van der Waals surface area contributed by atoms with Crippen molar-refractivity contribution in [2.24, 2.45) is 5.92 Å². The number of nitrogens with zero attached hydrogens (tertiary/aromatic N) is 1. The Morgan fingerprint density at radius 3 is 2.40 bits per heavy atom. The summed E-state index contributed by atoms with van der Waals surface area (Å²) >= 11 is 0. The van der Waals surface area contributed by atoms with E-state index in [-0.39, 0.29) is 5.91 Å². The van der Waals surface area contributed by atoms with Crippen LogP contribution in [0.3, 0.4) is 0 Å². The first-order chi connectivity index (χ1) is 7.11. The standard InChI is InChI=1S/C10H16N2O3/c1-3-5-7-8(13)11-10(15)12(6-4-2)9(7)14/h7H,3-6H2,1-2H3,(H,11,13,15). The van der Waals surface area contributed by atoms with Crippen molar-refractivity contribution in [3.8, 4) is 0 Å². The number of hydrogen-bond acceptors (Lipinski definition) is 3. The molecule has 0 aromatic heterocycles. The third kappa shape index (κ3) is 2.34. The summed E-state index contributed by atoms with van der Waals surface area (Å²) < 4.78 is 0. The van der Waals surface area contributed by atoms with E-state index < -0.39 is 17.9 Å². The summed E-state index contributed by atoms with van der Waals surface area (Å²) in [7, 11) is 0. The Bertz CT molecular complexity index is 262. The van der Waals surface area contributed by atoms with Gasteiger partial charge in [0.1, 0.15) is 5.92 Å². The zero-order valence-corrected chi connectivity index (χ0v) is 9.08. The fraction of sp³-hybridized carbons (Fsp3) is 0.700. The van der Waals surface area contributed by atoms with E-state index in [1.807, 2.05) is 13.8 Å². The number of urea groups is 1. The van der Waals surface area contributed by atoms with Gasteiger partial charge in [0, 0.05) is 6.54 Å². The summed E-state index contributed by atoms with van der Waals surface area (Å²) in [5.41, 5.74) is 0. The number of imide groups is 2. The second-order valence-electron chi connectivity index (χ2n) is 3.63. The maximum Gasteiger partial charge on any atom is 0.330 e. The van der Waals surface area contributed by atoms with Gasteiger partial charge in [0.15, 0.2) is 0 Å². The molecule has 1 N–H and O–H groups in total. The first-order valence-corrected chi connectivity index (χ1v) is 5.28. The van der Waals surface area contributed by atoms with Crippen LogP contribution in [0, 0.1) is 5.92 Å². The Morgan fingerprint density at radius 1 is 1.20 bits per heavy atom. The van der Waals surface area contributed by atoms with E-state index in [0.717, 1.165) is 11.3 Å². The largest absolute Gasteiger partial charge is 0.330 e. The first-order valence-electron chi connectivity index (χ1n) is 5.28. The van der Waals surface area contributed by atoms with Crippen LogP contribution in [0.5, 0.6) is 0 Å². The van der Waals surface area contributed by atoms with Crippen LogP contribution in [0.25, 0.3) is 0 Å². The molecule has 0 aliphatic carbocycles. The lowest BCUT2D eigenvalue weighted by Gasteiger charge is -2.29. The van der Waals surface area contributed by atoms with Crippen LogP contribution in [0.1, 0.15) is 33.1 Å². The third-order valence-electron chi connectivity index (χ3n) is 2.38. The molecular weight excluding hydrogens is 196 g/mol. The minimum atomic E-state index is -0.681. The number of carbonyl (C=O) groups excluding carboxylic acids is 3. The van der Waals surface area contributed by atoms with Crippen molar-refractivity contribution in [3.05, 3.63) is 0 Å². The fourth-order valence-electron chi connectivity index (χ4n) is 1.64. The van der Waals surface area contributed by atoms with Crippen molar-refractivity contribution in [2.45, 2.75) is 33.1 Å². The maximum absolute atomic E-state index is 11.8. The van der Waals surface area contributed by atoms with Crippen molar-refractivity contribution in [3.63, 3.8) is 0 Å². The van der Waals surface area contributed by atoms with Crippen molar-refractivity contribution in [1.82, 2.24) is 10.2 Å². The number of rotatable bonds is 4. The lowest BCUT2D eigenvalue weighted by Crippen LogP contribution is -2.57. The molecule has 1 unspecified atom stereocenters. The Hall–Kier alpha value is -1.39. The highest BCUT2D eigenvalue weighted by Gasteiger charge is 2.38. The zero-order chi connectivity index (χ0) is 11.4. The van der Waals surface area contributed by atoms with Gasteiger partial charge in [-0.3, -0.25) is 19.8 Å². The van der Waals surface area contributed by atoms with Crippen molar-refractivity contribution in [1.29, 1.82) is 0 Å². The highest BCUT2D eigenvalue weighted by Crippen LogP contribution is 2.15. The smallest absolute Gasteiger partial charge is 0.277 e. The summed E-state index contributed by atoms with van der Waals surface area (Å²) in [5, 5.41) is 2.21. The molecule has 0 radical (unpaired) electrons. The Balaban J connectivity index is 2.79. The minimum absolute atomic E-state index is 0.354. The normalized spacial score (nSPS) is 21.9. The second kappa shape index (κ2) is 4.91. The van der Waals surface area contributed by atoms with E-state index in [1.165, 1.54) is 0 Å². The quantitative estimate of drug-likeness (QED) is 0.704. The maximum atomic E-state index is 11.8. The topological polar surface area (TPSA) is 66.5 Å². The van der Waals surface area contributed by atoms with Gasteiger partial charge in [-0.05, 0) is 12.8 Å². The molecule has 84 valence electrons. The molecule has 0 saturated carbocycles. The van der Waals surface area contributed by atoms with Gasteiger partial charge in [-0.25, -0.2) is 4.79 Å². The zero-order valence-electron chi connectivity index (χ0n) is 9.08. The number of hydrogen-bond donors (Lipinski definition) is 1. The van der Waals surface area contributed by atoms with E-state index >= 15 is 0 Å². The molecule has 0 aromatic rings. The van der Waals surface area contributed by atoms with E-state index in [9.17, 15) is 14.4 Å². The average Bonchev–Trinajstić information content (AvgIpc) is 2.19. The fourth-order valence-corrected chi connectivity index (χ4v) is 1.64. The van der Waals surface area contributed by atoms with Gasteiger partial charge >= 0.3 is 6.03 Å². The van der Waals surface area contributed by atoms with Crippen LogP contribution in [0.15, 0.2) is 0 Å². The van der Waals surface area contributed by atoms with E-state index in [0.29, 0.717) is 19.4 Å². The molecule has 5 heteroatoms. The third-order valence-corrected chi connectivity index (χ3v) is 2.38. The van der Waals surface area contributed by atoms with Crippen molar-refractivity contribution in [2.75, 3.05) is 6.54 Å². The molecule has 0 bridgehead atoms. The van der Waals surface area contributed by atoms with E-state index in [2.05, 4.69) is 5.32 Å². The molecule has 1 atom stereocenters. The molecule has 5 nitrogen and oxygen atoms in total. The van der Waals surface area contributed by atoms with Crippen LogP contribution in [0.2, 0.25) is 0 Å². The van der Waals surface area contributed by atoms with Crippen LogP contribution in [-0.2, 0) is 9.59 Å². The summed E-state index contributed by atoms with van der Waals surface area (Å²) in [6, 6.07) is -0.584. The number of nitrogens with one attached hydrogen (secondary N) is 1. The van der Waals surface area contributed by atoms with Crippen molar-refractivity contribution >= 4 is 17.8 Å². The molecule has 1 aliphatic heterocycles. The summed E-state index contributed by atoms with van der Waals surface area (Å²) in [6.45, 7) is 4.16. The van der Waals surface area contributed by atoms with Crippen LogP contribution < -0.4 is 5.32 Å². The first kappa shape index (κ1) is 11.7. The molecule has 1 heterocycles. The predicted octanol–water partition coefficient (Wildman–Crippen LogP) is 0.891. The van der Waals surface area contributed by atoms with E-state index in [1.54, 1.807) is 0 Å². The van der Waals surface area contributed by atoms with Gasteiger partial charge in [-0.15, -0.1) is 0 Å². The monoisotopic (exact) mass is 212 g/mol. The summed E-state index contributed by atoms with van der Waals surface area (Å²) in [4.78, 5) is 35.6. The Morgan fingerprint density at radius 2 is 1.87 bits per heavy atom. The number of amides is 4. The van der Waals surface area contributed by atoms with Crippen LogP contribution in [-0.4, -0.2) is 29.3 Å². The molecular formula is C10H16N2O3. The molecule has 1 saturated heterocycles. The summed E-state index contributed by atoms with van der Waals surface area (Å²) in [5.74, 6) is -1.49. The molecule has 4 amide bonds. The summed E-state index contributed by atoms with van der Waals surface area (Å²) in [6.07, 6.45) is 1.95.